The maximum atomic E-state index is 13.0. The van der Waals surface area contributed by atoms with E-state index in [0.29, 0.717) is 18.0 Å². The third-order valence-electron chi connectivity index (χ3n) is 6.09. The molecule has 2 bridgehead atoms. The fourth-order valence-corrected chi connectivity index (χ4v) is 5.78. The molecule has 0 spiro atoms. The van der Waals surface area contributed by atoms with Crippen LogP contribution in [-0.2, 0) is 27.8 Å². The highest BCUT2D eigenvalue weighted by molar-refractivity contribution is 7.87. The zero-order chi connectivity index (χ0) is 22.7. The van der Waals surface area contributed by atoms with E-state index in [1.54, 1.807) is 0 Å². The van der Waals surface area contributed by atoms with Crippen molar-refractivity contribution in [1.29, 1.82) is 0 Å². The molecule has 0 saturated heterocycles. The van der Waals surface area contributed by atoms with Crippen molar-refractivity contribution < 1.29 is 22.3 Å². The summed E-state index contributed by atoms with van der Waals surface area (Å²) >= 11 is 0. The summed E-state index contributed by atoms with van der Waals surface area (Å²) in [6.07, 6.45) is 3.31. The second kappa shape index (κ2) is 9.56. The Bertz CT molecular complexity index is 1080. The van der Waals surface area contributed by atoms with Crippen molar-refractivity contribution in [1.82, 2.24) is 9.44 Å². The van der Waals surface area contributed by atoms with Crippen LogP contribution in [0.15, 0.2) is 42.5 Å². The summed E-state index contributed by atoms with van der Waals surface area (Å²) in [6, 6.07) is 11.3. The van der Waals surface area contributed by atoms with E-state index >= 15 is 0 Å². The molecule has 32 heavy (non-hydrogen) atoms. The largest absolute Gasteiger partial charge is 0.484 e. The van der Waals surface area contributed by atoms with Crippen molar-refractivity contribution in [2.24, 2.45) is 11.8 Å². The van der Waals surface area contributed by atoms with E-state index in [1.165, 1.54) is 29.8 Å². The Morgan fingerprint density at radius 1 is 1.09 bits per heavy atom. The lowest BCUT2D eigenvalue weighted by atomic mass is 9.69. The van der Waals surface area contributed by atoms with Crippen molar-refractivity contribution in [3.63, 3.8) is 0 Å². The normalized spacial score (nSPS) is 21.8. The van der Waals surface area contributed by atoms with Gasteiger partial charge in [-0.1, -0.05) is 13.0 Å². The van der Waals surface area contributed by atoms with Gasteiger partial charge in [-0.05, 0) is 85.0 Å². The molecule has 3 aliphatic rings. The molecule has 0 aromatic heterocycles. The summed E-state index contributed by atoms with van der Waals surface area (Å²) in [6.45, 7) is 2.17. The molecule has 0 heterocycles. The van der Waals surface area contributed by atoms with Gasteiger partial charge >= 0.3 is 0 Å². The highest BCUT2D eigenvalue weighted by Crippen LogP contribution is 2.43. The number of hydrogen-bond acceptors (Lipinski definition) is 4. The van der Waals surface area contributed by atoms with E-state index in [-0.39, 0.29) is 36.2 Å². The summed E-state index contributed by atoms with van der Waals surface area (Å²) < 4.78 is 48.3. The molecule has 5 rings (SSSR count). The van der Waals surface area contributed by atoms with Crippen LogP contribution in [0, 0.1) is 17.7 Å². The third-order valence-corrected chi connectivity index (χ3v) is 7.26. The molecule has 2 aromatic rings. The van der Waals surface area contributed by atoms with Gasteiger partial charge in [0.15, 0.2) is 6.61 Å². The van der Waals surface area contributed by atoms with Crippen molar-refractivity contribution in [2.75, 3.05) is 18.5 Å². The second-order valence-corrected chi connectivity index (χ2v) is 10.0. The van der Waals surface area contributed by atoms with E-state index < -0.39 is 10.2 Å². The van der Waals surface area contributed by atoms with Gasteiger partial charge in [-0.3, -0.25) is 4.79 Å². The minimum Gasteiger partial charge on any atom is -0.484 e. The van der Waals surface area contributed by atoms with Gasteiger partial charge in [0.2, 0.25) is 0 Å². The first-order chi connectivity index (χ1) is 15.3. The molecule has 3 N–H and O–H groups in total. The number of rotatable bonds is 9. The number of halogens is 1. The van der Waals surface area contributed by atoms with E-state index in [9.17, 15) is 17.6 Å². The average Bonchev–Trinajstić information content (AvgIpc) is 3.04. The van der Waals surface area contributed by atoms with Crippen LogP contribution in [0.2, 0.25) is 0 Å². The second-order valence-electron chi connectivity index (χ2n) is 8.48. The van der Waals surface area contributed by atoms with Gasteiger partial charge in [-0.2, -0.15) is 13.1 Å². The fraction of sp³-hybridized carbons (Fsp3) is 0.435. The minimum atomic E-state index is -3.50. The molecule has 172 valence electrons. The summed E-state index contributed by atoms with van der Waals surface area (Å²) in [7, 11) is -3.50. The molecule has 7 nitrogen and oxygen atoms in total. The summed E-state index contributed by atoms with van der Waals surface area (Å²) in [4.78, 5) is 12.3. The molecule has 3 atom stereocenters. The Morgan fingerprint density at radius 2 is 1.81 bits per heavy atom. The third kappa shape index (κ3) is 5.46. The lowest BCUT2D eigenvalue weighted by molar-refractivity contribution is -0.118. The van der Waals surface area contributed by atoms with Crippen molar-refractivity contribution in [3.05, 3.63) is 59.4 Å². The maximum absolute atomic E-state index is 13.0. The molecule has 1 amide bonds. The standard InChI is InChI=1S/C23H28FN3O4S/c1-2-9-25-32(29,30)27-23-17-10-15-3-6-20(13-16(15)11-18(23)12-17)26-22(28)14-31-21-7-4-19(24)5-8-21/h3-8,13,17-18,23,25,27H,2,9-12,14H2,1H3,(H,26,28). The van der Waals surface area contributed by atoms with Crippen molar-refractivity contribution in [3.8, 4) is 5.75 Å². The number of ether oxygens (including phenoxy) is 1. The quantitative estimate of drug-likeness (QED) is 0.535. The van der Waals surface area contributed by atoms with E-state index in [0.717, 1.165) is 31.2 Å². The maximum Gasteiger partial charge on any atom is 0.277 e. The highest BCUT2D eigenvalue weighted by Gasteiger charge is 2.45. The average molecular weight is 462 g/mol. The molecule has 0 aliphatic heterocycles. The molecule has 9 heteroatoms. The van der Waals surface area contributed by atoms with Gasteiger partial charge in [-0.25, -0.2) is 9.11 Å². The van der Waals surface area contributed by atoms with Crippen LogP contribution >= 0.6 is 0 Å². The van der Waals surface area contributed by atoms with Crippen molar-refractivity contribution in [2.45, 2.75) is 38.6 Å². The Morgan fingerprint density at radius 3 is 2.53 bits per heavy atom. The summed E-state index contributed by atoms with van der Waals surface area (Å²) in [5.41, 5.74) is 3.01. The van der Waals surface area contributed by atoms with E-state index in [1.807, 2.05) is 25.1 Å². The lowest BCUT2D eigenvalue weighted by Crippen LogP contribution is -2.56. The summed E-state index contributed by atoms with van der Waals surface area (Å²) in [5, 5.41) is 2.84. The molecular weight excluding hydrogens is 433 g/mol. The van der Waals surface area contributed by atoms with E-state index in [2.05, 4.69) is 14.8 Å². The zero-order valence-corrected chi connectivity index (χ0v) is 18.8. The molecule has 3 unspecified atom stereocenters. The molecule has 3 aliphatic carbocycles. The Hall–Kier alpha value is -2.49. The minimum absolute atomic E-state index is 0.0705. The van der Waals surface area contributed by atoms with Gasteiger partial charge in [0.1, 0.15) is 11.6 Å². The van der Waals surface area contributed by atoms with Gasteiger partial charge in [-0.15, -0.1) is 0 Å². The Kier molecular flexibility index (Phi) is 6.78. The number of carbonyl (C=O) groups is 1. The van der Waals surface area contributed by atoms with Crippen LogP contribution in [0.5, 0.6) is 5.75 Å². The van der Waals surface area contributed by atoms with Crippen LogP contribution < -0.4 is 19.5 Å². The first-order valence-electron chi connectivity index (χ1n) is 10.9. The number of nitrogens with one attached hydrogen (secondary N) is 3. The Labute approximate surface area is 187 Å². The van der Waals surface area contributed by atoms with E-state index in [4.69, 9.17) is 4.74 Å². The number of benzene rings is 2. The van der Waals surface area contributed by atoms with Gasteiger partial charge < -0.3 is 10.1 Å². The lowest BCUT2D eigenvalue weighted by Gasteiger charge is -2.43. The number of amides is 1. The van der Waals surface area contributed by atoms with Gasteiger partial charge in [0, 0.05) is 18.3 Å². The van der Waals surface area contributed by atoms with Crippen LogP contribution in [0.3, 0.4) is 0 Å². The van der Waals surface area contributed by atoms with Crippen molar-refractivity contribution >= 4 is 21.8 Å². The molecule has 1 saturated carbocycles. The van der Waals surface area contributed by atoms with Gasteiger partial charge in [0.05, 0.1) is 0 Å². The first kappa shape index (κ1) is 22.7. The number of anilines is 1. The number of carbonyl (C=O) groups excluding carboxylic acids is 1. The predicted octanol–water partition coefficient (Wildman–Crippen LogP) is 2.78. The van der Waals surface area contributed by atoms with Crippen LogP contribution in [0.1, 0.15) is 30.9 Å². The highest BCUT2D eigenvalue weighted by atomic mass is 32.2. The monoisotopic (exact) mass is 461 g/mol. The molecule has 1 fully saturated rings. The molecule has 0 radical (unpaired) electrons. The first-order valence-corrected chi connectivity index (χ1v) is 12.4. The Balaban J connectivity index is 1.35. The molecule has 2 aromatic carbocycles. The van der Waals surface area contributed by atoms with Crippen LogP contribution in [0.4, 0.5) is 10.1 Å². The topological polar surface area (TPSA) is 96.5 Å². The van der Waals surface area contributed by atoms with Crippen LogP contribution in [0.25, 0.3) is 0 Å². The molecular formula is C23H28FN3O4S. The van der Waals surface area contributed by atoms with Gasteiger partial charge in [0.25, 0.3) is 16.1 Å². The smallest absolute Gasteiger partial charge is 0.277 e. The fourth-order valence-electron chi connectivity index (χ4n) is 4.48. The number of hydrogen-bond donors (Lipinski definition) is 3. The zero-order valence-electron chi connectivity index (χ0n) is 17.9. The summed E-state index contributed by atoms with van der Waals surface area (Å²) in [5.74, 6) is 0.276. The van der Waals surface area contributed by atoms with Crippen LogP contribution in [-0.4, -0.2) is 33.5 Å². The SMILES string of the molecule is CCCNS(=O)(=O)NC1C2Cc3ccc(NC(=O)COc4ccc(F)cc4)cc3CC1C2. The predicted molar refractivity (Wildman–Crippen MR) is 120 cm³/mol.